The van der Waals surface area contributed by atoms with Crippen molar-refractivity contribution in [1.29, 1.82) is 0 Å². The highest BCUT2D eigenvalue weighted by Gasteiger charge is 2.33. The van der Waals surface area contributed by atoms with Crippen LogP contribution in [0.4, 0.5) is 4.39 Å². The number of halogens is 1. The van der Waals surface area contributed by atoms with Gasteiger partial charge in [0.05, 0.1) is 6.20 Å². The number of fused-ring (bicyclic) bond motifs is 1. The summed E-state index contributed by atoms with van der Waals surface area (Å²) < 4.78 is 13.0. The van der Waals surface area contributed by atoms with Gasteiger partial charge in [0.1, 0.15) is 5.82 Å². The smallest absolute Gasteiger partial charge is 0.141 e. The summed E-state index contributed by atoms with van der Waals surface area (Å²) in [6.07, 6.45) is 5.64. The molecule has 2 aliphatic heterocycles. The third-order valence-corrected chi connectivity index (χ3v) is 3.84. The van der Waals surface area contributed by atoms with Crippen molar-refractivity contribution in [3.63, 3.8) is 0 Å². The summed E-state index contributed by atoms with van der Waals surface area (Å²) in [6.45, 7) is 4.19. The second kappa shape index (κ2) is 4.70. The molecule has 0 spiro atoms. The van der Waals surface area contributed by atoms with E-state index < -0.39 is 0 Å². The van der Waals surface area contributed by atoms with Crippen molar-refractivity contribution in [2.75, 3.05) is 19.6 Å². The monoisotopic (exact) mass is 235 g/mol. The molecule has 0 bridgehead atoms. The fraction of sp³-hybridized carbons (Fsp3) is 0.615. The topological polar surface area (TPSA) is 28.2 Å². The molecule has 2 fully saturated rings. The minimum atomic E-state index is -0.239. The van der Waals surface area contributed by atoms with Gasteiger partial charge in [-0.1, -0.05) is 0 Å². The van der Waals surface area contributed by atoms with Crippen LogP contribution >= 0.6 is 0 Å². The summed E-state index contributed by atoms with van der Waals surface area (Å²) in [7, 11) is 0. The maximum absolute atomic E-state index is 13.0. The number of likely N-dealkylation sites (tertiary alicyclic amines) is 1. The first-order valence-corrected chi connectivity index (χ1v) is 6.36. The van der Waals surface area contributed by atoms with Crippen molar-refractivity contribution in [2.45, 2.75) is 25.4 Å². The van der Waals surface area contributed by atoms with E-state index in [1.54, 1.807) is 12.3 Å². The third-order valence-electron chi connectivity index (χ3n) is 3.84. The average Bonchev–Trinajstić information content (AvgIpc) is 2.71. The Balaban J connectivity index is 1.63. The number of hydrogen-bond donors (Lipinski definition) is 1. The van der Waals surface area contributed by atoms with Gasteiger partial charge in [-0.2, -0.15) is 0 Å². The number of nitrogens with zero attached hydrogens (tertiary/aromatic N) is 2. The quantitative estimate of drug-likeness (QED) is 0.840. The largest absolute Gasteiger partial charge is 0.312 e. The van der Waals surface area contributed by atoms with Crippen molar-refractivity contribution >= 4 is 0 Å². The molecule has 1 N–H and O–H groups in total. The molecule has 4 heteroatoms. The van der Waals surface area contributed by atoms with Crippen molar-refractivity contribution in [3.05, 3.63) is 29.8 Å². The first-order valence-electron chi connectivity index (χ1n) is 6.36. The predicted octanol–water partition coefficient (Wildman–Crippen LogP) is 1.40. The van der Waals surface area contributed by atoms with Crippen LogP contribution in [0.2, 0.25) is 0 Å². The zero-order chi connectivity index (χ0) is 11.7. The Morgan fingerprint density at radius 3 is 3.18 bits per heavy atom. The first kappa shape index (κ1) is 11.1. The number of aromatic nitrogens is 1. The molecule has 17 heavy (non-hydrogen) atoms. The van der Waals surface area contributed by atoms with Gasteiger partial charge in [0.2, 0.25) is 0 Å². The van der Waals surface area contributed by atoms with Crippen LogP contribution in [0.3, 0.4) is 0 Å². The fourth-order valence-corrected chi connectivity index (χ4v) is 3.07. The molecule has 3 nitrogen and oxygen atoms in total. The molecule has 3 rings (SSSR count). The lowest BCUT2D eigenvalue weighted by Crippen LogP contribution is -2.40. The minimum Gasteiger partial charge on any atom is -0.312 e. The Hall–Kier alpha value is -1.00. The van der Waals surface area contributed by atoms with Crippen LogP contribution in [0.15, 0.2) is 18.5 Å². The molecular formula is C13H18FN3. The SMILES string of the molecule is Fc1cncc(CN2C[C@@H]3CCCN[C@@H]3C2)c1. The molecule has 1 aromatic rings. The average molecular weight is 235 g/mol. The number of nitrogens with one attached hydrogen (secondary N) is 1. The molecule has 0 amide bonds. The maximum atomic E-state index is 13.0. The van der Waals surface area contributed by atoms with Gasteiger partial charge in [0, 0.05) is 31.9 Å². The molecule has 2 atom stereocenters. The van der Waals surface area contributed by atoms with Gasteiger partial charge in [-0.05, 0) is 36.9 Å². The highest BCUT2D eigenvalue weighted by atomic mass is 19.1. The number of rotatable bonds is 2. The van der Waals surface area contributed by atoms with E-state index in [0.29, 0.717) is 6.04 Å². The van der Waals surface area contributed by atoms with Gasteiger partial charge in [-0.3, -0.25) is 9.88 Å². The third kappa shape index (κ3) is 2.48. The number of piperidine rings is 1. The minimum absolute atomic E-state index is 0.239. The summed E-state index contributed by atoms with van der Waals surface area (Å²) >= 11 is 0. The maximum Gasteiger partial charge on any atom is 0.141 e. The van der Waals surface area contributed by atoms with Gasteiger partial charge >= 0.3 is 0 Å². The lowest BCUT2D eigenvalue weighted by Gasteiger charge is -2.24. The predicted molar refractivity (Wildman–Crippen MR) is 64.0 cm³/mol. The van der Waals surface area contributed by atoms with E-state index in [9.17, 15) is 4.39 Å². The van der Waals surface area contributed by atoms with E-state index in [1.807, 2.05) is 0 Å². The molecular weight excluding hydrogens is 217 g/mol. The molecule has 2 saturated heterocycles. The van der Waals surface area contributed by atoms with Crippen molar-refractivity contribution < 1.29 is 4.39 Å². The Morgan fingerprint density at radius 2 is 2.35 bits per heavy atom. The highest BCUT2D eigenvalue weighted by Crippen LogP contribution is 2.25. The Kier molecular flexibility index (Phi) is 3.07. The second-order valence-corrected chi connectivity index (χ2v) is 5.17. The summed E-state index contributed by atoms with van der Waals surface area (Å²) in [6, 6.07) is 2.23. The van der Waals surface area contributed by atoms with E-state index in [4.69, 9.17) is 0 Å². The molecule has 0 radical (unpaired) electrons. The van der Waals surface area contributed by atoms with Gasteiger partial charge in [-0.25, -0.2) is 4.39 Å². The van der Waals surface area contributed by atoms with Gasteiger partial charge in [0.15, 0.2) is 0 Å². The molecule has 0 aliphatic carbocycles. The zero-order valence-electron chi connectivity index (χ0n) is 9.90. The summed E-state index contributed by atoms with van der Waals surface area (Å²) in [5, 5.41) is 3.58. The van der Waals surface area contributed by atoms with Gasteiger partial charge < -0.3 is 5.32 Å². The lowest BCUT2D eigenvalue weighted by atomic mass is 9.94. The van der Waals surface area contributed by atoms with Crippen LogP contribution in [-0.2, 0) is 6.54 Å². The van der Waals surface area contributed by atoms with Gasteiger partial charge in [0.25, 0.3) is 0 Å². The normalized spacial score (nSPS) is 29.2. The Bertz CT molecular complexity index is 382. The van der Waals surface area contributed by atoms with E-state index in [0.717, 1.165) is 37.7 Å². The van der Waals surface area contributed by atoms with E-state index in [2.05, 4.69) is 15.2 Å². The highest BCUT2D eigenvalue weighted by molar-refractivity contribution is 5.10. The molecule has 92 valence electrons. The molecule has 1 aromatic heterocycles. The van der Waals surface area contributed by atoms with E-state index in [-0.39, 0.29) is 5.82 Å². The van der Waals surface area contributed by atoms with Crippen LogP contribution in [0.1, 0.15) is 18.4 Å². The van der Waals surface area contributed by atoms with Crippen LogP contribution in [0, 0.1) is 11.7 Å². The molecule has 2 aliphatic rings. The summed E-state index contributed by atoms with van der Waals surface area (Å²) in [5.41, 5.74) is 0.976. The first-order chi connectivity index (χ1) is 8.31. The fourth-order valence-electron chi connectivity index (χ4n) is 3.07. The summed E-state index contributed by atoms with van der Waals surface area (Å²) in [4.78, 5) is 6.31. The Morgan fingerprint density at radius 1 is 1.41 bits per heavy atom. The number of hydrogen-bond acceptors (Lipinski definition) is 3. The van der Waals surface area contributed by atoms with E-state index >= 15 is 0 Å². The standard InChI is InChI=1S/C13H18FN3/c14-12-4-10(5-15-6-12)7-17-8-11-2-1-3-16-13(11)9-17/h4-6,11,13,16H,1-3,7-9H2/t11-,13+/m0/s1. The van der Waals surface area contributed by atoms with Crippen molar-refractivity contribution in [3.8, 4) is 0 Å². The van der Waals surface area contributed by atoms with Crippen LogP contribution in [0.25, 0.3) is 0 Å². The van der Waals surface area contributed by atoms with Crippen LogP contribution < -0.4 is 5.32 Å². The van der Waals surface area contributed by atoms with Crippen LogP contribution in [0.5, 0.6) is 0 Å². The lowest BCUT2D eigenvalue weighted by molar-refractivity contribution is 0.312. The second-order valence-electron chi connectivity index (χ2n) is 5.17. The van der Waals surface area contributed by atoms with Gasteiger partial charge in [-0.15, -0.1) is 0 Å². The number of pyridine rings is 1. The van der Waals surface area contributed by atoms with Crippen molar-refractivity contribution in [2.24, 2.45) is 5.92 Å². The molecule has 3 heterocycles. The summed E-state index contributed by atoms with van der Waals surface area (Å²) in [5.74, 6) is 0.544. The van der Waals surface area contributed by atoms with Crippen molar-refractivity contribution in [1.82, 2.24) is 15.2 Å². The Labute approximate surface area is 101 Å². The zero-order valence-corrected chi connectivity index (χ0v) is 9.90. The molecule has 0 saturated carbocycles. The van der Waals surface area contributed by atoms with E-state index in [1.165, 1.54) is 19.0 Å². The molecule has 0 unspecified atom stereocenters. The molecule has 0 aromatic carbocycles. The van der Waals surface area contributed by atoms with Crippen LogP contribution in [-0.4, -0.2) is 35.6 Å².